The Kier molecular flexibility index (Phi) is 2.80. The molecule has 0 aliphatic heterocycles. The maximum Gasteiger partial charge on any atom is 0.269 e. The number of pyridine rings is 1. The highest BCUT2D eigenvalue weighted by Crippen LogP contribution is 2.27. The van der Waals surface area contributed by atoms with E-state index in [1.807, 2.05) is 0 Å². The van der Waals surface area contributed by atoms with Gasteiger partial charge in [0.15, 0.2) is 5.65 Å². The molecule has 3 rings (SSSR count). The molecule has 0 radical (unpaired) electrons. The molecule has 2 aromatic heterocycles. The standard InChI is InChI=1S/C13H9ClN2O2S/c14-12-9-16(13-11(12)7-4-8-15-13)19(17,18)10-5-2-1-3-6-10/h1-9H. The van der Waals surface area contributed by atoms with Crippen LogP contribution in [0.15, 0.2) is 59.8 Å². The highest BCUT2D eigenvalue weighted by Gasteiger charge is 2.20. The summed E-state index contributed by atoms with van der Waals surface area (Å²) in [5.74, 6) is 0. The smallest absolute Gasteiger partial charge is 0.237 e. The van der Waals surface area contributed by atoms with Gasteiger partial charge < -0.3 is 0 Å². The second kappa shape index (κ2) is 4.36. The Labute approximate surface area is 115 Å². The van der Waals surface area contributed by atoms with Crippen LogP contribution in [0.2, 0.25) is 5.02 Å². The van der Waals surface area contributed by atoms with Crippen molar-refractivity contribution in [2.24, 2.45) is 0 Å². The summed E-state index contributed by atoms with van der Waals surface area (Å²) in [6, 6.07) is 11.6. The number of aromatic nitrogens is 2. The second-order valence-electron chi connectivity index (χ2n) is 3.97. The van der Waals surface area contributed by atoms with E-state index < -0.39 is 10.0 Å². The fourth-order valence-electron chi connectivity index (χ4n) is 1.88. The number of nitrogens with zero attached hydrogens (tertiary/aromatic N) is 2. The van der Waals surface area contributed by atoms with Gasteiger partial charge >= 0.3 is 0 Å². The van der Waals surface area contributed by atoms with Gasteiger partial charge in [0.05, 0.1) is 9.92 Å². The summed E-state index contributed by atoms with van der Waals surface area (Å²) < 4.78 is 26.2. The van der Waals surface area contributed by atoms with Crippen LogP contribution in [0.3, 0.4) is 0 Å². The quantitative estimate of drug-likeness (QED) is 0.730. The van der Waals surface area contributed by atoms with E-state index in [9.17, 15) is 8.42 Å². The van der Waals surface area contributed by atoms with Crippen LogP contribution < -0.4 is 0 Å². The van der Waals surface area contributed by atoms with Crippen molar-refractivity contribution < 1.29 is 8.42 Å². The van der Waals surface area contributed by atoms with Crippen LogP contribution >= 0.6 is 11.6 Å². The van der Waals surface area contributed by atoms with E-state index >= 15 is 0 Å². The monoisotopic (exact) mass is 292 g/mol. The number of halogens is 1. The molecule has 3 aromatic rings. The molecule has 19 heavy (non-hydrogen) atoms. The summed E-state index contributed by atoms with van der Waals surface area (Å²) in [6.45, 7) is 0. The van der Waals surface area contributed by atoms with Gasteiger partial charge in [0.25, 0.3) is 10.0 Å². The number of hydrogen-bond donors (Lipinski definition) is 0. The molecule has 4 nitrogen and oxygen atoms in total. The lowest BCUT2D eigenvalue weighted by Gasteiger charge is -2.06. The maximum atomic E-state index is 12.5. The lowest BCUT2D eigenvalue weighted by atomic mass is 10.3. The molecule has 0 saturated carbocycles. The molecule has 0 aliphatic rings. The van der Waals surface area contributed by atoms with Gasteiger partial charge in [-0.3, -0.25) is 0 Å². The Morgan fingerprint density at radius 3 is 2.53 bits per heavy atom. The third-order valence-corrected chi connectivity index (χ3v) is 4.75. The first-order chi connectivity index (χ1) is 9.10. The predicted octanol–water partition coefficient (Wildman–Crippen LogP) is 2.93. The number of benzene rings is 1. The molecular weight excluding hydrogens is 284 g/mol. The van der Waals surface area contributed by atoms with E-state index in [0.717, 1.165) is 3.97 Å². The lowest BCUT2D eigenvalue weighted by Crippen LogP contribution is -2.12. The molecule has 0 saturated heterocycles. The molecule has 0 spiro atoms. The van der Waals surface area contributed by atoms with Gasteiger partial charge in [-0.05, 0) is 24.3 Å². The van der Waals surface area contributed by atoms with Crippen LogP contribution in [-0.2, 0) is 10.0 Å². The number of hydrogen-bond acceptors (Lipinski definition) is 3. The van der Waals surface area contributed by atoms with Crippen LogP contribution in [0.4, 0.5) is 0 Å². The lowest BCUT2D eigenvalue weighted by molar-refractivity contribution is 0.589. The molecule has 1 aromatic carbocycles. The van der Waals surface area contributed by atoms with E-state index in [4.69, 9.17) is 11.6 Å². The van der Waals surface area contributed by atoms with Gasteiger partial charge in [0.1, 0.15) is 0 Å². The Morgan fingerprint density at radius 2 is 1.79 bits per heavy atom. The zero-order valence-corrected chi connectivity index (χ0v) is 11.3. The molecular formula is C13H9ClN2O2S. The Morgan fingerprint density at radius 1 is 1.05 bits per heavy atom. The second-order valence-corrected chi connectivity index (χ2v) is 6.19. The SMILES string of the molecule is O=S(=O)(c1ccccc1)n1cc(Cl)c2cccnc21. The van der Waals surface area contributed by atoms with Gasteiger partial charge in [-0.2, -0.15) is 0 Å². The molecule has 6 heteroatoms. The van der Waals surface area contributed by atoms with Gasteiger partial charge in [-0.25, -0.2) is 17.4 Å². The molecule has 0 bridgehead atoms. The van der Waals surface area contributed by atoms with Crippen LogP contribution in [0.5, 0.6) is 0 Å². The zero-order valence-electron chi connectivity index (χ0n) is 9.69. The molecule has 0 aliphatic carbocycles. The predicted molar refractivity (Wildman–Crippen MR) is 73.8 cm³/mol. The number of fused-ring (bicyclic) bond motifs is 1. The average molecular weight is 293 g/mol. The van der Waals surface area contributed by atoms with Crippen LogP contribution in [0, 0.1) is 0 Å². The van der Waals surface area contributed by atoms with Crippen molar-refractivity contribution >= 4 is 32.7 Å². The maximum absolute atomic E-state index is 12.5. The largest absolute Gasteiger partial charge is 0.269 e. The fraction of sp³-hybridized carbons (Fsp3) is 0. The van der Waals surface area contributed by atoms with E-state index in [1.165, 1.54) is 24.5 Å². The average Bonchev–Trinajstić information content (AvgIpc) is 2.79. The van der Waals surface area contributed by atoms with E-state index in [-0.39, 0.29) is 4.90 Å². The molecule has 0 atom stereocenters. The summed E-state index contributed by atoms with van der Waals surface area (Å²) in [5.41, 5.74) is 0.330. The first kappa shape index (κ1) is 12.2. The van der Waals surface area contributed by atoms with Crippen molar-refractivity contribution in [2.45, 2.75) is 4.90 Å². The normalized spacial score (nSPS) is 11.8. The fourth-order valence-corrected chi connectivity index (χ4v) is 3.53. The summed E-state index contributed by atoms with van der Waals surface area (Å²) in [6.07, 6.45) is 2.91. The molecule has 0 N–H and O–H groups in total. The Hall–Kier alpha value is -1.85. The van der Waals surface area contributed by atoms with Crippen molar-refractivity contribution in [1.82, 2.24) is 8.96 Å². The van der Waals surface area contributed by atoms with E-state index in [0.29, 0.717) is 16.1 Å². The van der Waals surface area contributed by atoms with Crippen molar-refractivity contribution in [3.05, 3.63) is 59.9 Å². The molecule has 0 amide bonds. The van der Waals surface area contributed by atoms with E-state index in [2.05, 4.69) is 4.98 Å². The molecule has 2 heterocycles. The zero-order chi connectivity index (χ0) is 13.5. The van der Waals surface area contributed by atoms with Crippen molar-refractivity contribution in [3.8, 4) is 0 Å². The minimum absolute atomic E-state index is 0.203. The summed E-state index contributed by atoms with van der Waals surface area (Å²) >= 11 is 6.05. The molecule has 0 unspecified atom stereocenters. The van der Waals surface area contributed by atoms with Gasteiger partial charge in [0, 0.05) is 17.8 Å². The topological polar surface area (TPSA) is 52.0 Å². The van der Waals surface area contributed by atoms with E-state index in [1.54, 1.807) is 30.3 Å². The Balaban J connectivity index is 2.31. The third-order valence-electron chi connectivity index (χ3n) is 2.78. The summed E-state index contributed by atoms with van der Waals surface area (Å²) in [4.78, 5) is 4.30. The van der Waals surface area contributed by atoms with Gasteiger partial charge in [-0.1, -0.05) is 29.8 Å². The molecule has 0 fully saturated rings. The first-order valence-electron chi connectivity index (χ1n) is 5.53. The molecule has 96 valence electrons. The summed E-state index contributed by atoms with van der Waals surface area (Å²) in [7, 11) is -3.68. The third kappa shape index (κ3) is 1.91. The van der Waals surface area contributed by atoms with Crippen LogP contribution in [0.25, 0.3) is 11.0 Å². The van der Waals surface area contributed by atoms with Crippen LogP contribution in [-0.4, -0.2) is 17.4 Å². The van der Waals surface area contributed by atoms with Crippen LogP contribution in [0.1, 0.15) is 0 Å². The number of rotatable bonds is 2. The Bertz CT molecular complexity index is 841. The summed E-state index contributed by atoms with van der Waals surface area (Å²) in [5, 5.41) is 0.978. The highest BCUT2D eigenvalue weighted by atomic mass is 35.5. The highest BCUT2D eigenvalue weighted by molar-refractivity contribution is 7.90. The van der Waals surface area contributed by atoms with Crippen molar-refractivity contribution in [3.63, 3.8) is 0 Å². The first-order valence-corrected chi connectivity index (χ1v) is 7.35. The van der Waals surface area contributed by atoms with Gasteiger partial charge in [0.2, 0.25) is 0 Å². The van der Waals surface area contributed by atoms with Crippen molar-refractivity contribution in [2.75, 3.05) is 0 Å². The van der Waals surface area contributed by atoms with Gasteiger partial charge in [-0.15, -0.1) is 0 Å². The minimum Gasteiger partial charge on any atom is -0.237 e. The van der Waals surface area contributed by atoms with Crippen molar-refractivity contribution in [1.29, 1.82) is 0 Å². The minimum atomic E-state index is -3.68.